The third-order valence-corrected chi connectivity index (χ3v) is 2.66. The molecule has 0 bridgehead atoms. The summed E-state index contributed by atoms with van der Waals surface area (Å²) >= 11 is 0. The lowest BCUT2D eigenvalue weighted by atomic mass is 10.1. The van der Waals surface area contributed by atoms with Crippen molar-refractivity contribution in [3.8, 4) is 0 Å². The Hall–Kier alpha value is -1.91. The molecular formula is C12H15N3O2. The third-order valence-electron chi connectivity index (χ3n) is 2.66. The van der Waals surface area contributed by atoms with Crippen molar-refractivity contribution in [2.75, 3.05) is 7.11 Å². The van der Waals surface area contributed by atoms with Crippen LogP contribution in [-0.4, -0.2) is 27.8 Å². The van der Waals surface area contributed by atoms with E-state index in [0.717, 1.165) is 16.7 Å². The number of ether oxygens (including phenoxy) is 1. The van der Waals surface area contributed by atoms with Crippen molar-refractivity contribution in [2.45, 2.75) is 26.8 Å². The number of aromatic nitrogens is 3. The zero-order valence-corrected chi connectivity index (χ0v) is 10.4. The van der Waals surface area contributed by atoms with Crippen LogP contribution in [0.25, 0.3) is 11.0 Å². The molecule has 2 aromatic heterocycles. The Bertz CT molecular complexity index is 572. The van der Waals surface area contributed by atoms with Gasteiger partial charge in [-0.2, -0.15) is 5.10 Å². The van der Waals surface area contributed by atoms with Crippen molar-refractivity contribution in [1.82, 2.24) is 14.8 Å². The summed E-state index contributed by atoms with van der Waals surface area (Å²) in [6.07, 6.45) is 1.61. The van der Waals surface area contributed by atoms with E-state index in [1.54, 1.807) is 12.3 Å². The van der Waals surface area contributed by atoms with Crippen LogP contribution in [0.2, 0.25) is 0 Å². The molecule has 0 aliphatic heterocycles. The van der Waals surface area contributed by atoms with Gasteiger partial charge in [0.05, 0.1) is 23.8 Å². The first kappa shape index (κ1) is 11.6. The van der Waals surface area contributed by atoms with Crippen LogP contribution in [0.1, 0.15) is 35.9 Å². The second-order valence-corrected chi connectivity index (χ2v) is 4.17. The van der Waals surface area contributed by atoms with Crippen LogP contribution >= 0.6 is 0 Å². The highest BCUT2D eigenvalue weighted by Crippen LogP contribution is 2.23. The van der Waals surface area contributed by atoms with Gasteiger partial charge in [0.25, 0.3) is 0 Å². The molecule has 0 fully saturated rings. The Morgan fingerprint density at radius 1 is 1.47 bits per heavy atom. The monoisotopic (exact) mass is 233 g/mol. The zero-order valence-electron chi connectivity index (χ0n) is 10.4. The van der Waals surface area contributed by atoms with Crippen LogP contribution in [0.5, 0.6) is 0 Å². The van der Waals surface area contributed by atoms with Gasteiger partial charge in [0.2, 0.25) is 0 Å². The maximum absolute atomic E-state index is 11.7. The first-order valence-corrected chi connectivity index (χ1v) is 5.48. The van der Waals surface area contributed by atoms with Gasteiger partial charge in [-0.3, -0.25) is 0 Å². The van der Waals surface area contributed by atoms with E-state index in [1.807, 2.05) is 25.5 Å². The minimum Gasteiger partial charge on any atom is -0.465 e. The summed E-state index contributed by atoms with van der Waals surface area (Å²) in [4.78, 5) is 16.0. The Labute approximate surface area is 99.4 Å². The summed E-state index contributed by atoms with van der Waals surface area (Å²) < 4.78 is 6.58. The Kier molecular flexibility index (Phi) is 2.83. The maximum Gasteiger partial charge on any atom is 0.338 e. The van der Waals surface area contributed by atoms with Crippen molar-refractivity contribution in [1.29, 1.82) is 0 Å². The fourth-order valence-electron chi connectivity index (χ4n) is 1.88. The number of esters is 1. The van der Waals surface area contributed by atoms with E-state index in [-0.39, 0.29) is 12.0 Å². The molecule has 5 nitrogen and oxygen atoms in total. The normalized spacial score (nSPS) is 11.1. The molecule has 0 aliphatic carbocycles. The predicted octanol–water partition coefficient (Wildman–Crippen LogP) is 2.11. The van der Waals surface area contributed by atoms with Crippen LogP contribution in [-0.2, 0) is 4.74 Å². The van der Waals surface area contributed by atoms with Crippen molar-refractivity contribution in [2.24, 2.45) is 0 Å². The Morgan fingerprint density at radius 3 is 2.76 bits per heavy atom. The van der Waals surface area contributed by atoms with Crippen molar-refractivity contribution in [3.63, 3.8) is 0 Å². The predicted molar refractivity (Wildman–Crippen MR) is 64.0 cm³/mol. The summed E-state index contributed by atoms with van der Waals surface area (Å²) in [5, 5.41) is 5.18. The average Bonchev–Trinajstić information content (AvgIpc) is 2.66. The first-order valence-electron chi connectivity index (χ1n) is 5.48. The van der Waals surface area contributed by atoms with E-state index in [9.17, 15) is 4.79 Å². The van der Waals surface area contributed by atoms with Gasteiger partial charge < -0.3 is 4.74 Å². The fraction of sp³-hybridized carbons (Fsp3) is 0.417. The molecule has 0 aromatic carbocycles. The van der Waals surface area contributed by atoms with Gasteiger partial charge >= 0.3 is 5.97 Å². The van der Waals surface area contributed by atoms with E-state index in [1.165, 1.54) is 7.11 Å². The minimum absolute atomic E-state index is 0.201. The lowest BCUT2D eigenvalue weighted by Crippen LogP contribution is -2.05. The summed E-state index contributed by atoms with van der Waals surface area (Å²) in [6, 6.07) is 1.86. The summed E-state index contributed by atoms with van der Waals surface area (Å²) in [6.45, 7) is 5.92. The third kappa shape index (κ3) is 1.77. The largest absolute Gasteiger partial charge is 0.465 e. The van der Waals surface area contributed by atoms with E-state index in [4.69, 9.17) is 4.74 Å². The SMILES string of the molecule is COC(=O)c1ccnc2c1c(C)nn2C(C)C. The molecular weight excluding hydrogens is 218 g/mol. The molecule has 0 N–H and O–H groups in total. The molecule has 5 heteroatoms. The molecule has 90 valence electrons. The van der Waals surface area contributed by atoms with Crippen LogP contribution in [0.4, 0.5) is 0 Å². The summed E-state index contributed by atoms with van der Waals surface area (Å²) in [5.74, 6) is -0.358. The van der Waals surface area contributed by atoms with Crippen LogP contribution < -0.4 is 0 Å². The molecule has 0 atom stereocenters. The molecule has 2 aromatic rings. The molecule has 0 saturated carbocycles. The van der Waals surface area contributed by atoms with Crippen molar-refractivity contribution < 1.29 is 9.53 Å². The standard InChI is InChI=1S/C12H15N3O2/c1-7(2)15-11-10(8(3)14-15)9(5-6-13-11)12(16)17-4/h5-7H,1-4H3. The summed E-state index contributed by atoms with van der Waals surface area (Å²) in [7, 11) is 1.37. The second-order valence-electron chi connectivity index (χ2n) is 4.17. The molecule has 0 amide bonds. The van der Waals surface area contributed by atoms with Gasteiger partial charge in [0.15, 0.2) is 5.65 Å². The number of nitrogens with zero attached hydrogens (tertiary/aromatic N) is 3. The van der Waals surface area contributed by atoms with Gasteiger partial charge in [0, 0.05) is 12.2 Å². The number of hydrogen-bond donors (Lipinski definition) is 0. The van der Waals surface area contributed by atoms with Gasteiger partial charge in [-0.25, -0.2) is 14.5 Å². The number of aryl methyl sites for hydroxylation is 1. The lowest BCUT2D eigenvalue weighted by Gasteiger charge is -2.06. The number of rotatable bonds is 2. The van der Waals surface area contributed by atoms with Crippen molar-refractivity contribution >= 4 is 17.0 Å². The van der Waals surface area contributed by atoms with E-state index in [0.29, 0.717) is 5.56 Å². The molecule has 0 saturated heterocycles. The van der Waals surface area contributed by atoms with Gasteiger partial charge in [-0.15, -0.1) is 0 Å². The van der Waals surface area contributed by atoms with Crippen LogP contribution in [0.15, 0.2) is 12.3 Å². The number of methoxy groups -OCH3 is 1. The van der Waals surface area contributed by atoms with Gasteiger partial charge in [-0.05, 0) is 26.8 Å². The van der Waals surface area contributed by atoms with Gasteiger partial charge in [-0.1, -0.05) is 0 Å². The Morgan fingerprint density at radius 2 is 2.18 bits per heavy atom. The van der Waals surface area contributed by atoms with Crippen LogP contribution in [0.3, 0.4) is 0 Å². The molecule has 0 spiro atoms. The first-order chi connectivity index (χ1) is 8.06. The molecule has 0 unspecified atom stereocenters. The average molecular weight is 233 g/mol. The summed E-state index contributed by atoms with van der Waals surface area (Å²) in [5.41, 5.74) is 2.03. The zero-order chi connectivity index (χ0) is 12.6. The number of pyridine rings is 1. The number of fused-ring (bicyclic) bond motifs is 1. The highest BCUT2D eigenvalue weighted by Gasteiger charge is 2.18. The van der Waals surface area contributed by atoms with Gasteiger partial charge in [0.1, 0.15) is 0 Å². The fourth-order valence-corrected chi connectivity index (χ4v) is 1.88. The Balaban J connectivity index is 2.77. The molecule has 0 radical (unpaired) electrons. The highest BCUT2D eigenvalue weighted by atomic mass is 16.5. The van der Waals surface area contributed by atoms with E-state index < -0.39 is 0 Å². The molecule has 17 heavy (non-hydrogen) atoms. The lowest BCUT2D eigenvalue weighted by molar-refractivity contribution is 0.0603. The highest BCUT2D eigenvalue weighted by molar-refractivity contribution is 6.03. The van der Waals surface area contributed by atoms with E-state index >= 15 is 0 Å². The van der Waals surface area contributed by atoms with Crippen LogP contribution in [0, 0.1) is 6.92 Å². The smallest absolute Gasteiger partial charge is 0.338 e. The van der Waals surface area contributed by atoms with E-state index in [2.05, 4.69) is 10.1 Å². The second kappa shape index (κ2) is 4.16. The molecule has 2 heterocycles. The topological polar surface area (TPSA) is 57.0 Å². The number of carbonyl (C=O) groups is 1. The maximum atomic E-state index is 11.7. The number of hydrogen-bond acceptors (Lipinski definition) is 4. The molecule has 0 aliphatic rings. The quantitative estimate of drug-likeness (QED) is 0.745. The van der Waals surface area contributed by atoms with Crippen molar-refractivity contribution in [3.05, 3.63) is 23.5 Å². The number of carbonyl (C=O) groups excluding carboxylic acids is 1. The molecule has 2 rings (SSSR count). The minimum atomic E-state index is -0.358.